The van der Waals surface area contributed by atoms with Crippen LogP contribution in [-0.2, 0) is 10.0 Å². The fourth-order valence-electron chi connectivity index (χ4n) is 4.22. The van der Waals surface area contributed by atoms with Crippen LogP contribution in [0.25, 0.3) is 11.0 Å². The number of carbonyl (C=O) groups is 1. The Morgan fingerprint density at radius 3 is 2.07 bits per heavy atom. The Bertz CT molecular complexity index is 1950. The highest BCUT2D eigenvalue weighted by molar-refractivity contribution is 7.92. The van der Waals surface area contributed by atoms with Gasteiger partial charge in [0.15, 0.2) is 5.69 Å². The molecule has 0 aliphatic heterocycles. The van der Waals surface area contributed by atoms with Crippen LogP contribution in [0, 0.1) is 34.1 Å². The molecule has 212 valence electrons. The zero-order chi connectivity index (χ0) is 30.2. The maximum atomic E-state index is 13.2. The van der Waals surface area contributed by atoms with E-state index in [0.29, 0.717) is 22.4 Å². The summed E-state index contributed by atoms with van der Waals surface area (Å²) >= 11 is 0. The first-order valence-corrected chi connectivity index (χ1v) is 13.6. The van der Waals surface area contributed by atoms with Crippen molar-refractivity contribution in [2.24, 2.45) is 0 Å². The van der Waals surface area contributed by atoms with Crippen LogP contribution in [0.3, 0.4) is 0 Å². The van der Waals surface area contributed by atoms with Crippen LogP contribution in [0.1, 0.15) is 21.7 Å². The van der Waals surface area contributed by atoms with Gasteiger partial charge in [-0.2, -0.15) is 0 Å². The van der Waals surface area contributed by atoms with Crippen molar-refractivity contribution in [3.05, 3.63) is 110 Å². The van der Waals surface area contributed by atoms with Crippen molar-refractivity contribution in [2.75, 3.05) is 10.0 Å². The fourth-order valence-corrected chi connectivity index (χ4v) is 5.17. The summed E-state index contributed by atoms with van der Waals surface area (Å²) in [6.07, 6.45) is 1.23. The summed E-state index contributed by atoms with van der Waals surface area (Å²) in [5, 5.41) is 26.6. The summed E-state index contributed by atoms with van der Waals surface area (Å²) in [6, 6.07) is 15.2. The Kier molecular flexibility index (Phi) is 7.05. The number of rotatable bonds is 8. The van der Waals surface area contributed by atoms with Crippen molar-refractivity contribution in [2.45, 2.75) is 18.7 Å². The number of nitro benzene ring substituents is 2. The van der Waals surface area contributed by atoms with E-state index >= 15 is 0 Å². The molecule has 2 heterocycles. The zero-order valence-corrected chi connectivity index (χ0v) is 22.7. The van der Waals surface area contributed by atoms with Gasteiger partial charge in [0.05, 0.1) is 31.3 Å². The number of para-hydroxylation sites is 2. The Morgan fingerprint density at radius 2 is 1.48 bits per heavy atom. The Labute approximate surface area is 237 Å². The van der Waals surface area contributed by atoms with Crippen molar-refractivity contribution in [3.8, 4) is 0 Å². The van der Waals surface area contributed by atoms with E-state index in [1.54, 1.807) is 44.2 Å². The molecule has 0 radical (unpaired) electrons. The van der Waals surface area contributed by atoms with Gasteiger partial charge >= 0.3 is 11.4 Å². The Hall–Kier alpha value is -5.77. The van der Waals surface area contributed by atoms with Crippen LogP contribution >= 0.6 is 0 Å². The highest BCUT2D eigenvalue weighted by atomic mass is 32.2. The van der Waals surface area contributed by atoms with Crippen molar-refractivity contribution in [1.29, 1.82) is 0 Å². The third-order valence-corrected chi connectivity index (χ3v) is 7.40. The van der Waals surface area contributed by atoms with E-state index in [2.05, 4.69) is 25.0 Å². The molecule has 16 heteroatoms. The van der Waals surface area contributed by atoms with Crippen LogP contribution in [0.15, 0.2) is 78.0 Å². The maximum absolute atomic E-state index is 13.2. The molecular weight excluding hydrogens is 568 g/mol. The van der Waals surface area contributed by atoms with Gasteiger partial charge in [-0.1, -0.05) is 12.1 Å². The predicted molar refractivity (Wildman–Crippen MR) is 151 cm³/mol. The number of fused-ring (bicyclic) bond motifs is 1. The highest BCUT2D eigenvalue weighted by Crippen LogP contribution is 2.38. The van der Waals surface area contributed by atoms with Crippen molar-refractivity contribution in [3.63, 3.8) is 0 Å². The van der Waals surface area contributed by atoms with E-state index < -0.39 is 42.8 Å². The number of aryl methyl sites for hydroxylation is 2. The summed E-state index contributed by atoms with van der Waals surface area (Å²) in [4.78, 5) is 47.5. The molecule has 0 saturated carbocycles. The number of nitrogens with zero attached hydrogens (tertiary/aromatic N) is 6. The molecule has 5 rings (SSSR count). The van der Waals surface area contributed by atoms with Gasteiger partial charge in [-0.05, 0) is 56.3 Å². The van der Waals surface area contributed by atoms with Gasteiger partial charge in [0, 0.05) is 29.2 Å². The molecule has 15 nitrogen and oxygen atoms in total. The van der Waals surface area contributed by atoms with Gasteiger partial charge in [-0.25, -0.2) is 28.1 Å². The minimum atomic E-state index is -4.10. The summed E-state index contributed by atoms with van der Waals surface area (Å²) in [6.45, 7) is 3.38. The Morgan fingerprint density at radius 1 is 0.881 bits per heavy atom. The number of aromatic nitrogens is 4. The molecule has 42 heavy (non-hydrogen) atoms. The number of carbonyl (C=O) groups excluding carboxylic acids is 1. The minimum Gasteiger partial charge on any atom is -0.344 e. The van der Waals surface area contributed by atoms with E-state index in [1.165, 1.54) is 30.6 Å². The van der Waals surface area contributed by atoms with Crippen molar-refractivity contribution in [1.82, 2.24) is 19.5 Å². The smallest absolute Gasteiger partial charge is 0.300 e. The number of nitrogens with one attached hydrogen (secondary N) is 2. The molecule has 0 spiro atoms. The number of hydrogen-bond donors (Lipinski definition) is 2. The quantitative estimate of drug-likeness (QED) is 0.191. The first-order valence-electron chi connectivity index (χ1n) is 12.1. The minimum absolute atomic E-state index is 0.112. The van der Waals surface area contributed by atoms with Crippen LogP contribution in [0.5, 0.6) is 0 Å². The van der Waals surface area contributed by atoms with E-state index in [-0.39, 0.29) is 22.1 Å². The van der Waals surface area contributed by atoms with Gasteiger partial charge in [0.25, 0.3) is 15.9 Å². The van der Waals surface area contributed by atoms with E-state index in [1.807, 2.05) is 0 Å². The van der Waals surface area contributed by atoms with Crippen molar-refractivity contribution >= 4 is 55.7 Å². The SMILES string of the molecule is Cc1cc(C)nc(NS(=O)(=O)c2ccc(Nc3c([N+](=O)[O-])cc(C(=O)n4cnc5ccccc54)cc3[N+](=O)[O-])cc2)n1. The van der Waals surface area contributed by atoms with Gasteiger partial charge < -0.3 is 5.32 Å². The highest BCUT2D eigenvalue weighted by Gasteiger charge is 2.30. The Balaban J connectivity index is 1.47. The fraction of sp³-hybridized carbons (Fsp3) is 0.0769. The maximum Gasteiger partial charge on any atom is 0.300 e. The lowest BCUT2D eigenvalue weighted by molar-refractivity contribution is -0.392. The largest absolute Gasteiger partial charge is 0.344 e. The lowest BCUT2D eigenvalue weighted by Gasteiger charge is -2.11. The number of hydrogen-bond acceptors (Lipinski definition) is 11. The molecule has 2 N–H and O–H groups in total. The van der Waals surface area contributed by atoms with Crippen LogP contribution in [-0.4, -0.2) is 43.7 Å². The molecule has 0 aliphatic rings. The monoisotopic (exact) mass is 588 g/mol. The molecule has 0 bridgehead atoms. The number of nitro groups is 2. The lowest BCUT2D eigenvalue weighted by atomic mass is 10.1. The molecule has 0 saturated heterocycles. The number of sulfonamides is 1. The molecule has 2 aromatic heterocycles. The zero-order valence-electron chi connectivity index (χ0n) is 21.9. The second-order valence-corrected chi connectivity index (χ2v) is 10.7. The van der Waals surface area contributed by atoms with E-state index in [0.717, 1.165) is 16.7 Å². The van der Waals surface area contributed by atoms with E-state index in [4.69, 9.17) is 0 Å². The van der Waals surface area contributed by atoms with Gasteiger partial charge in [0.1, 0.15) is 6.33 Å². The topological polar surface area (TPSA) is 205 Å². The number of benzene rings is 3. The van der Waals surface area contributed by atoms with Crippen LogP contribution < -0.4 is 10.0 Å². The van der Waals surface area contributed by atoms with Crippen molar-refractivity contribution < 1.29 is 23.1 Å². The third kappa shape index (κ3) is 5.46. The average molecular weight is 589 g/mol. The van der Waals surface area contributed by atoms with E-state index in [9.17, 15) is 33.4 Å². The molecule has 0 atom stereocenters. The van der Waals surface area contributed by atoms with Gasteiger partial charge in [0.2, 0.25) is 5.95 Å². The summed E-state index contributed by atoms with van der Waals surface area (Å²) < 4.78 is 29.1. The third-order valence-electron chi connectivity index (χ3n) is 6.05. The first kappa shape index (κ1) is 27.8. The second kappa shape index (κ2) is 10.7. The lowest BCUT2D eigenvalue weighted by Crippen LogP contribution is -2.15. The standard InChI is InChI=1S/C26H20N8O7S/c1-15-11-16(2)29-26(28-15)31-42(40,41)19-9-7-18(8-10-19)30-24-22(33(36)37)12-17(13-23(24)34(38)39)25(35)32-14-27-20-5-3-4-6-21(20)32/h3-14,30H,1-2H3,(H,28,29,31). The van der Waals surface area contributed by atoms with Crippen LogP contribution in [0.2, 0.25) is 0 Å². The van der Waals surface area contributed by atoms with Gasteiger partial charge in [-0.3, -0.25) is 29.6 Å². The molecule has 0 aliphatic carbocycles. The molecule has 0 unspecified atom stereocenters. The normalized spacial score (nSPS) is 11.3. The van der Waals surface area contributed by atoms with Gasteiger partial charge in [-0.15, -0.1) is 0 Å². The molecule has 0 amide bonds. The molecule has 5 aromatic rings. The first-order chi connectivity index (χ1) is 19.9. The molecular formula is C26H20N8O7S. The number of imidazole rings is 1. The number of anilines is 3. The summed E-state index contributed by atoms with van der Waals surface area (Å²) in [7, 11) is -4.10. The predicted octanol–water partition coefficient (Wildman–Crippen LogP) is 4.49. The molecule has 3 aromatic carbocycles. The molecule has 0 fully saturated rings. The summed E-state index contributed by atoms with van der Waals surface area (Å²) in [5.41, 5.74) is -0.105. The summed E-state index contributed by atoms with van der Waals surface area (Å²) in [5.74, 6) is -0.865. The van der Waals surface area contributed by atoms with Crippen LogP contribution in [0.4, 0.5) is 28.7 Å². The second-order valence-electron chi connectivity index (χ2n) is 9.04. The average Bonchev–Trinajstić information content (AvgIpc) is 3.36.